The third kappa shape index (κ3) is 4.68. The molecule has 0 spiro atoms. The minimum atomic E-state index is -5.11. The van der Waals surface area contributed by atoms with E-state index in [-0.39, 0.29) is 46.6 Å². The maximum Gasteiger partial charge on any atom is 0.416 e. The van der Waals surface area contributed by atoms with Crippen molar-refractivity contribution in [1.82, 2.24) is 14.8 Å². The third-order valence-corrected chi connectivity index (χ3v) is 8.09. The van der Waals surface area contributed by atoms with E-state index in [1.165, 1.54) is 30.5 Å². The van der Waals surface area contributed by atoms with Crippen LogP contribution < -0.4 is 9.86 Å². The van der Waals surface area contributed by atoms with Gasteiger partial charge in [-0.2, -0.15) is 26.3 Å². The normalized spacial score (nSPS) is 14.1. The van der Waals surface area contributed by atoms with Crippen molar-refractivity contribution in [3.05, 3.63) is 93.4 Å². The van der Waals surface area contributed by atoms with Gasteiger partial charge >= 0.3 is 12.4 Å². The second kappa shape index (κ2) is 9.00. The summed E-state index contributed by atoms with van der Waals surface area (Å²) >= 11 is 0. The lowest BCUT2D eigenvalue weighted by Gasteiger charge is -2.23. The quantitative estimate of drug-likeness (QED) is 0.339. The number of aromatic nitrogens is 3. The zero-order chi connectivity index (χ0) is 28.3. The molecular weight excluding hydrogens is 550 g/mol. The first kappa shape index (κ1) is 26.5. The maximum absolute atomic E-state index is 13.5. The van der Waals surface area contributed by atoms with E-state index < -0.39 is 44.7 Å². The van der Waals surface area contributed by atoms with Gasteiger partial charge in [-0.25, -0.2) is 22.4 Å². The molecule has 0 bridgehead atoms. The van der Waals surface area contributed by atoms with Gasteiger partial charge in [0.05, 0.1) is 27.4 Å². The largest absolute Gasteiger partial charge is 0.416 e. The van der Waals surface area contributed by atoms with Gasteiger partial charge < -0.3 is 0 Å². The Kier molecular flexibility index (Phi) is 6.12. The van der Waals surface area contributed by atoms with Crippen LogP contribution in [0.2, 0.25) is 0 Å². The number of H-pyrrole nitrogens is 1. The van der Waals surface area contributed by atoms with Crippen LogP contribution in [0.1, 0.15) is 22.3 Å². The summed E-state index contributed by atoms with van der Waals surface area (Å²) in [6.45, 7) is 1.54. The summed E-state index contributed by atoms with van der Waals surface area (Å²) in [6, 6.07) is 9.85. The average Bonchev–Trinajstić information content (AvgIpc) is 3.09. The smallest absolute Gasteiger partial charge is 0.290 e. The van der Waals surface area contributed by atoms with Crippen LogP contribution in [-0.2, 0) is 28.8 Å². The Morgan fingerprint density at radius 1 is 0.923 bits per heavy atom. The van der Waals surface area contributed by atoms with Crippen molar-refractivity contribution in [2.75, 3.05) is 10.8 Å². The molecule has 1 N–H and O–H groups in total. The van der Waals surface area contributed by atoms with Crippen LogP contribution in [0.15, 0.2) is 70.5 Å². The first-order valence-electron chi connectivity index (χ1n) is 11.4. The molecule has 14 heteroatoms. The SMILES string of the molecule is Cc1ccc(S(=O)(=O)N2CCc3c([nH]n(-c4cc(C(F)(F)F)cc(C(F)(F)F)c4)c3=O)-c3cccnc32)cc1. The number of nitrogens with one attached hydrogen (secondary N) is 1. The molecule has 0 amide bonds. The van der Waals surface area contributed by atoms with Crippen LogP contribution in [0.5, 0.6) is 0 Å². The number of nitrogens with zero attached hydrogens (tertiary/aromatic N) is 3. The maximum atomic E-state index is 13.5. The minimum Gasteiger partial charge on any atom is -0.290 e. The highest BCUT2D eigenvalue weighted by atomic mass is 32.2. The van der Waals surface area contributed by atoms with Crippen LogP contribution >= 0.6 is 0 Å². The Morgan fingerprint density at radius 3 is 2.13 bits per heavy atom. The number of halogens is 6. The van der Waals surface area contributed by atoms with Crippen molar-refractivity contribution in [2.45, 2.75) is 30.6 Å². The summed E-state index contributed by atoms with van der Waals surface area (Å²) in [5.74, 6) is -0.0507. The molecule has 5 rings (SSSR count). The highest BCUT2D eigenvalue weighted by molar-refractivity contribution is 7.92. The minimum absolute atomic E-state index is 0.0168. The van der Waals surface area contributed by atoms with E-state index in [4.69, 9.17) is 0 Å². The number of pyridine rings is 1. The van der Waals surface area contributed by atoms with E-state index in [1.807, 2.05) is 0 Å². The Morgan fingerprint density at radius 2 is 1.54 bits per heavy atom. The zero-order valence-electron chi connectivity index (χ0n) is 19.9. The highest BCUT2D eigenvalue weighted by Gasteiger charge is 2.38. The van der Waals surface area contributed by atoms with Crippen molar-refractivity contribution >= 4 is 15.8 Å². The zero-order valence-corrected chi connectivity index (χ0v) is 20.7. The van der Waals surface area contributed by atoms with Gasteiger partial charge in [0.15, 0.2) is 5.82 Å². The summed E-state index contributed by atoms with van der Waals surface area (Å²) in [5, 5.41) is 2.60. The molecule has 0 saturated heterocycles. The first-order chi connectivity index (χ1) is 18.2. The molecule has 39 heavy (non-hydrogen) atoms. The Hall–Kier alpha value is -4.07. The number of aromatic amines is 1. The Bertz CT molecular complexity index is 1710. The fourth-order valence-corrected chi connectivity index (χ4v) is 5.80. The molecule has 204 valence electrons. The molecule has 2 aromatic carbocycles. The van der Waals surface area contributed by atoms with Crippen LogP contribution in [0.4, 0.5) is 32.2 Å². The van der Waals surface area contributed by atoms with E-state index in [1.54, 1.807) is 19.1 Å². The number of benzene rings is 2. The van der Waals surface area contributed by atoms with Gasteiger partial charge in [0.2, 0.25) is 0 Å². The van der Waals surface area contributed by atoms with Crippen molar-refractivity contribution in [1.29, 1.82) is 0 Å². The second-order valence-corrected chi connectivity index (χ2v) is 10.7. The van der Waals surface area contributed by atoms with Crippen LogP contribution in [0.3, 0.4) is 0 Å². The number of sulfonamides is 1. The molecule has 2 aromatic heterocycles. The molecular formula is C25H18F6N4O3S. The predicted molar refractivity (Wildman–Crippen MR) is 129 cm³/mol. The molecule has 0 radical (unpaired) electrons. The number of hydrogen-bond acceptors (Lipinski definition) is 4. The number of fused-ring (bicyclic) bond motifs is 3. The summed E-state index contributed by atoms with van der Waals surface area (Å²) in [6.07, 6.45) is -9.07. The fourth-order valence-electron chi connectivity index (χ4n) is 4.36. The number of hydrogen-bond donors (Lipinski definition) is 1. The van der Waals surface area contributed by atoms with Crippen molar-refractivity contribution in [3.63, 3.8) is 0 Å². The molecule has 3 heterocycles. The highest BCUT2D eigenvalue weighted by Crippen LogP contribution is 2.39. The van der Waals surface area contributed by atoms with Crippen LogP contribution in [0, 0.1) is 6.92 Å². The lowest BCUT2D eigenvalue weighted by Crippen LogP contribution is -2.34. The molecule has 7 nitrogen and oxygen atoms in total. The Balaban J connectivity index is 1.68. The summed E-state index contributed by atoms with van der Waals surface area (Å²) in [5.41, 5.74) is -3.76. The molecule has 0 atom stereocenters. The van der Waals surface area contributed by atoms with Crippen molar-refractivity contribution in [2.24, 2.45) is 0 Å². The first-order valence-corrected chi connectivity index (χ1v) is 12.8. The molecule has 0 saturated carbocycles. The topological polar surface area (TPSA) is 88.1 Å². The predicted octanol–water partition coefficient (Wildman–Crippen LogP) is 5.33. The molecule has 0 aliphatic carbocycles. The van der Waals surface area contributed by atoms with Crippen LogP contribution in [0.25, 0.3) is 16.9 Å². The van der Waals surface area contributed by atoms with Crippen molar-refractivity contribution < 1.29 is 34.8 Å². The molecule has 1 aliphatic heterocycles. The van der Waals surface area contributed by atoms with Gasteiger partial charge in [-0.1, -0.05) is 17.7 Å². The van der Waals surface area contributed by atoms with Crippen LogP contribution in [-0.4, -0.2) is 29.7 Å². The lowest BCUT2D eigenvalue weighted by molar-refractivity contribution is -0.143. The van der Waals surface area contributed by atoms with Gasteiger partial charge in [-0.15, -0.1) is 0 Å². The fraction of sp³-hybridized carbons (Fsp3) is 0.200. The second-order valence-electron chi connectivity index (χ2n) is 8.88. The summed E-state index contributed by atoms with van der Waals surface area (Å²) in [7, 11) is -4.13. The lowest BCUT2D eigenvalue weighted by atomic mass is 10.1. The number of alkyl halides is 6. The average molecular weight is 568 g/mol. The van der Waals surface area contributed by atoms with E-state index in [0.717, 1.165) is 9.87 Å². The van der Waals surface area contributed by atoms with E-state index in [9.17, 15) is 39.6 Å². The van der Waals surface area contributed by atoms with Crippen molar-refractivity contribution in [3.8, 4) is 16.9 Å². The Labute approximate surface area is 217 Å². The van der Waals surface area contributed by atoms with Gasteiger partial charge in [0.1, 0.15) is 0 Å². The van der Waals surface area contributed by atoms with E-state index >= 15 is 0 Å². The van der Waals surface area contributed by atoms with E-state index in [2.05, 4.69) is 10.1 Å². The number of rotatable bonds is 3. The van der Waals surface area contributed by atoms with E-state index in [0.29, 0.717) is 16.8 Å². The number of anilines is 1. The van der Waals surface area contributed by atoms with Gasteiger partial charge in [0, 0.05) is 23.9 Å². The monoisotopic (exact) mass is 568 g/mol. The number of aryl methyl sites for hydroxylation is 1. The molecule has 0 fully saturated rings. The van der Waals surface area contributed by atoms with Gasteiger partial charge in [-0.05, 0) is 55.8 Å². The molecule has 0 unspecified atom stereocenters. The van der Waals surface area contributed by atoms with Gasteiger partial charge in [-0.3, -0.25) is 9.89 Å². The standard InChI is InChI=1S/C25H18F6N4O3S/c1-14-4-6-18(7-5-14)39(37,38)34-10-8-20-21(19-3-2-9-32-22(19)34)33-35(23(20)36)17-12-15(24(26,27)28)11-16(13-17)25(29,30)31/h2-7,9,11-13,33H,8,10H2,1H3. The van der Waals surface area contributed by atoms with Gasteiger partial charge in [0.25, 0.3) is 15.6 Å². The molecule has 4 aromatic rings. The summed E-state index contributed by atoms with van der Waals surface area (Å²) < 4.78 is 109. The molecule has 1 aliphatic rings. The third-order valence-electron chi connectivity index (χ3n) is 6.28. The summed E-state index contributed by atoms with van der Waals surface area (Å²) in [4.78, 5) is 17.5.